The Bertz CT molecular complexity index is 3370. The standard InChI is InChI=1S/C57H71N10O13P/c1-31(2)36-11-8-34(9-12-36)29-59-51(71)41(16-20-48(58)68)61-53(73)45-18-14-39-22-23-65(30-43(55(75)66(39)45)62-52(72)42-28-38-27-37(13-15-40(38)60-42)56(76)81(78,79)80)50(70)26-33-6-4-32(5-7-33)24-35-10-17-44-47(25-35)64(3)57(77)67(44)46-19-21-49(69)63-54(46)74/h8-13,15,17,25,27-28,31-33,39,41,43,45-46,55,60,75H,4-7,14,16,18-24,26,29-30H2,1-3H3,(H2,58,68)(H,59,71)(H,61,73)(H,62,72)(H,63,69,74)(H2,78,79,80)/t32-,33+,39-,41+,43+,45+,46?,55?/m1/s1. The molecule has 3 saturated heterocycles. The van der Waals surface area contributed by atoms with Gasteiger partial charge in [0.25, 0.3) is 11.4 Å². The molecule has 1 aliphatic carbocycles. The molecule has 7 amide bonds. The number of aromatic amines is 1. The van der Waals surface area contributed by atoms with Crippen molar-refractivity contribution in [1.29, 1.82) is 0 Å². The van der Waals surface area contributed by atoms with Gasteiger partial charge < -0.3 is 46.5 Å². The minimum Gasteiger partial charge on any atom is -0.376 e. The highest BCUT2D eigenvalue weighted by molar-refractivity contribution is 7.70. The molecule has 3 aromatic carbocycles. The minimum absolute atomic E-state index is 0.0179. The Morgan fingerprint density at radius 3 is 2.25 bits per heavy atom. The number of rotatable bonds is 18. The third-order valence-electron chi connectivity index (χ3n) is 16.8. The molecule has 0 radical (unpaired) electrons. The van der Waals surface area contributed by atoms with Crippen molar-refractivity contribution >= 4 is 76.4 Å². The number of amides is 7. The van der Waals surface area contributed by atoms with E-state index in [1.54, 1.807) is 16.8 Å². The number of nitrogens with one attached hydrogen (secondary N) is 5. The number of imidazole rings is 1. The lowest BCUT2D eigenvalue weighted by Gasteiger charge is -2.43. The van der Waals surface area contributed by atoms with Gasteiger partial charge in [0.15, 0.2) is 0 Å². The number of carbonyl (C=O) groups is 8. The molecule has 24 heteroatoms. The molecule has 4 fully saturated rings. The van der Waals surface area contributed by atoms with Crippen molar-refractivity contribution in [3.8, 4) is 0 Å². The molecule has 5 heterocycles. The molecule has 5 aromatic rings. The molecule has 23 nitrogen and oxygen atoms in total. The zero-order chi connectivity index (χ0) is 58.0. The largest absolute Gasteiger partial charge is 0.396 e. The molecule has 81 heavy (non-hydrogen) atoms. The molecular weight excluding hydrogens is 1060 g/mol. The lowest BCUT2D eigenvalue weighted by molar-refractivity contribution is -0.142. The van der Waals surface area contributed by atoms with Crippen LogP contribution in [0.1, 0.15) is 140 Å². The molecule has 6 atom stereocenters. The van der Waals surface area contributed by atoms with Gasteiger partial charge in [-0.15, -0.1) is 0 Å². The van der Waals surface area contributed by atoms with Gasteiger partial charge in [-0.3, -0.25) is 62.3 Å². The summed E-state index contributed by atoms with van der Waals surface area (Å²) >= 11 is 0. The van der Waals surface area contributed by atoms with Gasteiger partial charge >= 0.3 is 13.3 Å². The molecule has 0 spiro atoms. The summed E-state index contributed by atoms with van der Waals surface area (Å²) in [6, 6.07) is 14.3. The van der Waals surface area contributed by atoms with Crippen molar-refractivity contribution < 1.29 is 57.8 Å². The van der Waals surface area contributed by atoms with Crippen molar-refractivity contribution in [2.45, 2.75) is 146 Å². The summed E-state index contributed by atoms with van der Waals surface area (Å²) in [6.07, 6.45) is 3.86. The second-order valence-corrected chi connectivity index (χ2v) is 24.1. The minimum atomic E-state index is -5.11. The zero-order valence-electron chi connectivity index (χ0n) is 45.6. The molecule has 432 valence electrons. The fraction of sp³-hybridized carbons (Fsp3) is 0.491. The van der Waals surface area contributed by atoms with Crippen LogP contribution in [0.3, 0.4) is 0 Å². The van der Waals surface area contributed by atoms with Gasteiger partial charge in [-0.25, -0.2) is 4.79 Å². The zero-order valence-corrected chi connectivity index (χ0v) is 46.5. The Hall–Kier alpha value is -7.30. The first kappa shape index (κ1) is 58.4. The Kier molecular flexibility index (Phi) is 17.6. The first-order valence-corrected chi connectivity index (χ1v) is 29.4. The number of primary amides is 1. The van der Waals surface area contributed by atoms with Crippen LogP contribution in [0.15, 0.2) is 71.5 Å². The molecule has 10 N–H and O–H groups in total. The highest BCUT2D eigenvalue weighted by atomic mass is 31.2. The predicted octanol–water partition coefficient (Wildman–Crippen LogP) is 3.23. The molecule has 3 aliphatic heterocycles. The summed E-state index contributed by atoms with van der Waals surface area (Å²) in [6.45, 7) is 4.41. The van der Waals surface area contributed by atoms with Crippen LogP contribution in [0.5, 0.6) is 0 Å². The van der Waals surface area contributed by atoms with Crippen LogP contribution in [0.4, 0.5) is 0 Å². The number of carbonyl (C=O) groups excluding carboxylic acids is 8. The van der Waals surface area contributed by atoms with Crippen molar-refractivity contribution in [2.75, 3.05) is 13.1 Å². The quantitative estimate of drug-likeness (QED) is 0.0450. The molecule has 4 aliphatic rings. The average Bonchev–Trinajstić information content (AvgIpc) is 4.17. The van der Waals surface area contributed by atoms with Gasteiger partial charge in [0.05, 0.1) is 23.1 Å². The summed E-state index contributed by atoms with van der Waals surface area (Å²) in [5, 5.41) is 23.7. The maximum atomic E-state index is 14.5. The Balaban J connectivity index is 0.887. The number of nitrogens with two attached hydrogens (primary N) is 1. The van der Waals surface area contributed by atoms with Crippen molar-refractivity contribution in [3.63, 3.8) is 0 Å². The van der Waals surface area contributed by atoms with Crippen molar-refractivity contribution in [2.24, 2.45) is 24.6 Å². The number of benzene rings is 3. The summed E-state index contributed by atoms with van der Waals surface area (Å²) < 4.78 is 14.7. The van der Waals surface area contributed by atoms with Gasteiger partial charge in [0.2, 0.25) is 35.4 Å². The summed E-state index contributed by atoms with van der Waals surface area (Å²) in [4.78, 5) is 144. The van der Waals surface area contributed by atoms with Crippen molar-refractivity contribution in [3.05, 3.63) is 105 Å². The Labute approximate surface area is 466 Å². The average molecular weight is 1140 g/mol. The maximum Gasteiger partial charge on any atom is 0.396 e. The number of hydrogen-bond acceptors (Lipinski definition) is 12. The lowest BCUT2D eigenvalue weighted by Crippen LogP contribution is -2.64. The van der Waals surface area contributed by atoms with Crippen LogP contribution >= 0.6 is 7.60 Å². The van der Waals surface area contributed by atoms with Gasteiger partial charge in [-0.05, 0) is 135 Å². The van der Waals surface area contributed by atoms with Gasteiger partial charge in [0, 0.05) is 68.5 Å². The van der Waals surface area contributed by atoms with Crippen LogP contribution in [0.25, 0.3) is 21.9 Å². The molecule has 1 saturated carbocycles. The Morgan fingerprint density at radius 2 is 1.56 bits per heavy atom. The fourth-order valence-corrected chi connectivity index (χ4v) is 12.7. The summed E-state index contributed by atoms with van der Waals surface area (Å²) in [5.41, 5.74) is 8.16. The number of aliphatic hydroxyl groups is 1. The van der Waals surface area contributed by atoms with E-state index in [2.05, 4.69) is 40.1 Å². The third kappa shape index (κ3) is 13.2. The van der Waals surface area contributed by atoms with Crippen LogP contribution in [-0.2, 0) is 53.3 Å². The van der Waals surface area contributed by atoms with E-state index in [0.717, 1.165) is 48.8 Å². The Morgan fingerprint density at radius 1 is 0.840 bits per heavy atom. The number of aryl methyl sites for hydroxylation is 1. The van der Waals surface area contributed by atoms with E-state index in [0.29, 0.717) is 46.6 Å². The van der Waals surface area contributed by atoms with Gasteiger partial charge in [-0.1, -0.05) is 44.2 Å². The van der Waals surface area contributed by atoms with Gasteiger partial charge in [0.1, 0.15) is 24.0 Å². The molecule has 2 unspecified atom stereocenters. The monoisotopic (exact) mass is 1130 g/mol. The van der Waals surface area contributed by atoms with E-state index >= 15 is 0 Å². The number of nitrogens with zero attached hydrogens (tertiary/aromatic N) is 4. The van der Waals surface area contributed by atoms with E-state index in [4.69, 9.17) is 5.73 Å². The number of piperidine rings is 1. The van der Waals surface area contributed by atoms with E-state index in [-0.39, 0.29) is 92.8 Å². The number of imide groups is 1. The third-order valence-corrected chi connectivity index (χ3v) is 17.6. The predicted molar refractivity (Wildman–Crippen MR) is 297 cm³/mol. The van der Waals surface area contributed by atoms with Crippen LogP contribution < -0.4 is 32.7 Å². The lowest BCUT2D eigenvalue weighted by atomic mass is 9.78. The van der Waals surface area contributed by atoms with E-state index < -0.39 is 79.1 Å². The molecular formula is C57H71N10O13P. The van der Waals surface area contributed by atoms with Crippen LogP contribution in [-0.4, -0.2) is 129 Å². The first-order valence-electron chi connectivity index (χ1n) is 27.8. The topological polar surface area (TPSA) is 338 Å². The maximum absolute atomic E-state index is 14.5. The van der Waals surface area contributed by atoms with Gasteiger partial charge in [-0.2, -0.15) is 0 Å². The van der Waals surface area contributed by atoms with E-state index in [1.165, 1.54) is 33.4 Å². The number of H-pyrrole nitrogens is 1. The number of aromatic nitrogens is 3. The van der Waals surface area contributed by atoms with Crippen LogP contribution in [0.2, 0.25) is 0 Å². The van der Waals surface area contributed by atoms with E-state index in [1.807, 2.05) is 42.5 Å². The second kappa shape index (κ2) is 24.4. The SMILES string of the molecule is CC(C)c1ccc(CNC(=O)[C@H](CCC(N)=O)NC(=O)[C@@H]2CC[C@@H]3CCN(C(=O)C[C@H]4CC[C@@H](Cc5ccc6c(c5)n(C)c(=O)n6C5CCC(=O)NC5=O)CC4)C[C@H](NC(=O)c4cc5cc(C(=O)P(=O)(O)O)ccc5[nH]4)C(O)N32)cc1. The smallest absolute Gasteiger partial charge is 0.376 e. The fourth-order valence-electron chi connectivity index (χ4n) is 12.2. The van der Waals surface area contributed by atoms with E-state index in [9.17, 15) is 62.6 Å². The first-order chi connectivity index (χ1) is 38.5. The molecule has 2 aromatic heterocycles. The summed E-state index contributed by atoms with van der Waals surface area (Å²) in [7, 11) is -3.45. The summed E-state index contributed by atoms with van der Waals surface area (Å²) in [5.74, 6) is -2.83. The van der Waals surface area contributed by atoms with Crippen LogP contribution in [0, 0.1) is 11.8 Å². The normalized spacial score (nSPS) is 23.1. The highest BCUT2D eigenvalue weighted by Crippen LogP contribution is 2.40. The number of aliphatic hydroxyl groups excluding tert-OH is 1. The second-order valence-electron chi connectivity index (χ2n) is 22.6. The molecule has 9 rings (SSSR count). The number of fused-ring (bicyclic) bond motifs is 3. The number of hydrogen-bond donors (Lipinski definition) is 9. The molecule has 0 bridgehead atoms. The van der Waals surface area contributed by atoms with Crippen molar-refractivity contribution in [1.82, 2.24) is 45.2 Å². The highest BCUT2D eigenvalue weighted by Gasteiger charge is 2.47.